The van der Waals surface area contributed by atoms with Crippen molar-refractivity contribution in [2.75, 3.05) is 7.11 Å². The van der Waals surface area contributed by atoms with Gasteiger partial charge in [-0.2, -0.15) is 5.10 Å². The van der Waals surface area contributed by atoms with Gasteiger partial charge in [0.15, 0.2) is 10.6 Å². The Kier molecular flexibility index (Phi) is 6.82. The van der Waals surface area contributed by atoms with Crippen LogP contribution in [-0.2, 0) is 11.3 Å². The summed E-state index contributed by atoms with van der Waals surface area (Å²) in [5.74, 6) is 1.72. The standard InChI is InChI=1S/C22H26N4O2S/c1-15(2)13-19(16-7-5-4-6-8-16)23-20(27)14-26-21(24-25-22(26)29)17-9-11-18(28-3)12-10-17/h4-12,15,19H,13-14H2,1-3H3,(H,23,27)(H,25,29). The minimum Gasteiger partial charge on any atom is -0.497 e. The molecular formula is C22H26N4O2S. The van der Waals surface area contributed by atoms with Crippen LogP contribution < -0.4 is 10.1 Å². The Labute approximate surface area is 175 Å². The molecule has 152 valence electrons. The first-order valence-electron chi connectivity index (χ1n) is 9.62. The molecule has 29 heavy (non-hydrogen) atoms. The van der Waals surface area contributed by atoms with Gasteiger partial charge in [-0.05, 0) is 54.4 Å². The number of nitrogens with zero attached hydrogens (tertiary/aromatic N) is 2. The third kappa shape index (κ3) is 5.32. The predicted molar refractivity (Wildman–Crippen MR) is 116 cm³/mol. The zero-order valence-electron chi connectivity index (χ0n) is 16.9. The minimum atomic E-state index is -0.105. The van der Waals surface area contributed by atoms with Gasteiger partial charge in [0.25, 0.3) is 0 Å². The van der Waals surface area contributed by atoms with Crippen LogP contribution in [0.15, 0.2) is 54.6 Å². The third-order valence-corrected chi connectivity index (χ3v) is 4.96. The van der Waals surface area contributed by atoms with Crippen LogP contribution in [0.4, 0.5) is 0 Å². The van der Waals surface area contributed by atoms with Gasteiger partial charge in [-0.3, -0.25) is 14.5 Å². The van der Waals surface area contributed by atoms with Gasteiger partial charge in [-0.15, -0.1) is 0 Å². The second-order valence-corrected chi connectivity index (χ2v) is 7.71. The SMILES string of the molecule is COc1ccc(-c2n[nH]c(=S)n2CC(=O)NC(CC(C)C)c2ccccc2)cc1. The lowest BCUT2D eigenvalue weighted by Crippen LogP contribution is -2.32. The molecule has 0 fully saturated rings. The van der Waals surface area contributed by atoms with Crippen molar-refractivity contribution in [1.82, 2.24) is 20.1 Å². The van der Waals surface area contributed by atoms with Gasteiger partial charge in [-0.1, -0.05) is 44.2 Å². The molecule has 0 spiro atoms. The summed E-state index contributed by atoms with van der Waals surface area (Å²) in [6, 6.07) is 17.5. The summed E-state index contributed by atoms with van der Waals surface area (Å²) in [7, 11) is 1.62. The van der Waals surface area contributed by atoms with E-state index in [9.17, 15) is 4.79 Å². The lowest BCUT2D eigenvalue weighted by atomic mass is 9.97. The van der Waals surface area contributed by atoms with Gasteiger partial charge in [0.1, 0.15) is 12.3 Å². The molecule has 7 heteroatoms. The number of hydrogen-bond acceptors (Lipinski definition) is 4. The van der Waals surface area contributed by atoms with Crippen LogP contribution in [-0.4, -0.2) is 27.8 Å². The van der Waals surface area contributed by atoms with E-state index in [4.69, 9.17) is 17.0 Å². The molecule has 6 nitrogen and oxygen atoms in total. The molecule has 0 saturated carbocycles. The van der Waals surface area contributed by atoms with Gasteiger partial charge in [0.05, 0.1) is 13.2 Å². The highest BCUT2D eigenvalue weighted by atomic mass is 32.1. The van der Waals surface area contributed by atoms with E-state index in [1.165, 1.54) is 0 Å². The number of carbonyl (C=O) groups is 1. The molecule has 0 bridgehead atoms. The van der Waals surface area contributed by atoms with Gasteiger partial charge in [-0.25, -0.2) is 0 Å². The van der Waals surface area contributed by atoms with E-state index in [0.717, 1.165) is 23.3 Å². The number of H-pyrrole nitrogens is 1. The van der Waals surface area contributed by atoms with E-state index in [1.54, 1.807) is 11.7 Å². The van der Waals surface area contributed by atoms with E-state index in [0.29, 0.717) is 16.5 Å². The number of carbonyl (C=O) groups excluding carboxylic acids is 1. The number of aromatic amines is 1. The number of aromatic nitrogens is 3. The van der Waals surface area contributed by atoms with Crippen molar-refractivity contribution >= 4 is 18.1 Å². The summed E-state index contributed by atoms with van der Waals surface area (Å²) >= 11 is 5.36. The lowest BCUT2D eigenvalue weighted by molar-refractivity contribution is -0.122. The van der Waals surface area contributed by atoms with Crippen molar-refractivity contribution in [3.8, 4) is 17.1 Å². The monoisotopic (exact) mass is 410 g/mol. The van der Waals surface area contributed by atoms with E-state index in [2.05, 4.69) is 29.4 Å². The zero-order valence-corrected chi connectivity index (χ0v) is 17.7. The highest BCUT2D eigenvalue weighted by molar-refractivity contribution is 7.71. The smallest absolute Gasteiger partial charge is 0.240 e. The number of ether oxygens (including phenoxy) is 1. The fourth-order valence-electron chi connectivity index (χ4n) is 3.24. The van der Waals surface area contributed by atoms with Gasteiger partial charge in [0.2, 0.25) is 5.91 Å². The minimum absolute atomic E-state index is 0.0470. The first-order valence-corrected chi connectivity index (χ1v) is 10.0. The van der Waals surface area contributed by atoms with E-state index >= 15 is 0 Å². The summed E-state index contributed by atoms with van der Waals surface area (Å²) in [6.45, 7) is 4.39. The maximum Gasteiger partial charge on any atom is 0.240 e. The molecule has 1 heterocycles. The third-order valence-electron chi connectivity index (χ3n) is 4.65. The Bertz CT molecular complexity index is 994. The number of rotatable bonds is 8. The number of nitrogens with one attached hydrogen (secondary N) is 2. The van der Waals surface area contributed by atoms with Crippen LogP contribution in [0.5, 0.6) is 5.75 Å². The normalized spacial score (nSPS) is 12.0. The Balaban J connectivity index is 1.79. The van der Waals surface area contributed by atoms with Crippen LogP contribution in [0, 0.1) is 10.7 Å². The van der Waals surface area contributed by atoms with Crippen LogP contribution in [0.1, 0.15) is 31.9 Å². The molecule has 0 aliphatic heterocycles. The van der Waals surface area contributed by atoms with Crippen molar-refractivity contribution in [3.63, 3.8) is 0 Å². The largest absolute Gasteiger partial charge is 0.497 e. The summed E-state index contributed by atoms with van der Waals surface area (Å²) in [6.07, 6.45) is 0.859. The summed E-state index contributed by atoms with van der Waals surface area (Å²) in [5.41, 5.74) is 1.95. The average Bonchev–Trinajstić information content (AvgIpc) is 3.08. The summed E-state index contributed by atoms with van der Waals surface area (Å²) in [5, 5.41) is 10.3. The molecule has 3 rings (SSSR count). The maximum atomic E-state index is 12.9. The van der Waals surface area contributed by atoms with Crippen molar-refractivity contribution in [3.05, 3.63) is 64.9 Å². The maximum absolute atomic E-state index is 12.9. The molecule has 1 unspecified atom stereocenters. The Morgan fingerprint density at radius 2 is 1.86 bits per heavy atom. The predicted octanol–water partition coefficient (Wildman–Crippen LogP) is 4.52. The number of benzene rings is 2. The first-order chi connectivity index (χ1) is 14.0. The molecular weight excluding hydrogens is 384 g/mol. The van der Waals surface area contributed by atoms with E-state index < -0.39 is 0 Å². The molecule has 3 aromatic rings. The highest BCUT2D eigenvalue weighted by Gasteiger charge is 2.18. The summed E-state index contributed by atoms with van der Waals surface area (Å²) < 4.78 is 7.32. The topological polar surface area (TPSA) is 71.9 Å². The van der Waals surface area contributed by atoms with Crippen LogP contribution >= 0.6 is 12.2 Å². The lowest BCUT2D eigenvalue weighted by Gasteiger charge is -2.21. The van der Waals surface area contributed by atoms with E-state index in [1.807, 2.05) is 54.6 Å². The van der Waals surface area contributed by atoms with Gasteiger partial charge >= 0.3 is 0 Å². The van der Waals surface area contributed by atoms with Crippen molar-refractivity contribution in [2.45, 2.75) is 32.9 Å². The van der Waals surface area contributed by atoms with Crippen LogP contribution in [0.2, 0.25) is 0 Å². The molecule has 1 amide bonds. The number of methoxy groups -OCH3 is 1. The molecule has 0 radical (unpaired) electrons. The Morgan fingerprint density at radius 1 is 1.17 bits per heavy atom. The quantitative estimate of drug-likeness (QED) is 0.536. The average molecular weight is 411 g/mol. The number of hydrogen-bond donors (Lipinski definition) is 2. The van der Waals surface area contributed by atoms with Gasteiger partial charge in [0, 0.05) is 5.56 Å². The second-order valence-electron chi connectivity index (χ2n) is 7.33. The first kappa shape index (κ1) is 20.8. The van der Waals surface area contributed by atoms with Crippen LogP contribution in [0.3, 0.4) is 0 Å². The number of amides is 1. The second kappa shape index (κ2) is 9.52. The molecule has 0 aliphatic carbocycles. The Hall–Kier alpha value is -2.93. The molecule has 1 atom stereocenters. The zero-order chi connectivity index (χ0) is 20.8. The van der Waals surface area contributed by atoms with Crippen molar-refractivity contribution in [2.24, 2.45) is 5.92 Å². The summed E-state index contributed by atoms with van der Waals surface area (Å²) in [4.78, 5) is 12.9. The van der Waals surface area contributed by atoms with Crippen molar-refractivity contribution < 1.29 is 9.53 Å². The fraction of sp³-hybridized carbons (Fsp3) is 0.318. The van der Waals surface area contributed by atoms with Gasteiger partial charge < -0.3 is 10.1 Å². The van der Waals surface area contributed by atoms with Crippen LogP contribution in [0.25, 0.3) is 11.4 Å². The van der Waals surface area contributed by atoms with E-state index in [-0.39, 0.29) is 18.5 Å². The molecule has 2 aromatic carbocycles. The van der Waals surface area contributed by atoms with Crippen molar-refractivity contribution in [1.29, 1.82) is 0 Å². The molecule has 1 aromatic heterocycles. The molecule has 2 N–H and O–H groups in total. The fourth-order valence-corrected chi connectivity index (χ4v) is 3.44. The molecule has 0 saturated heterocycles. The highest BCUT2D eigenvalue weighted by Crippen LogP contribution is 2.23. The molecule has 0 aliphatic rings. The Morgan fingerprint density at radius 3 is 2.48 bits per heavy atom.